The van der Waals surface area contributed by atoms with Gasteiger partial charge in [0.1, 0.15) is 17.5 Å². The zero-order chi connectivity index (χ0) is 23.9. The van der Waals surface area contributed by atoms with Gasteiger partial charge < -0.3 is 4.74 Å². The van der Waals surface area contributed by atoms with Crippen LogP contribution >= 0.6 is 0 Å². The fourth-order valence-corrected chi connectivity index (χ4v) is 3.96. The zero-order valence-electron chi connectivity index (χ0n) is 17.3. The molecule has 3 aromatic carbocycles. The molecule has 0 bridgehead atoms. The van der Waals surface area contributed by atoms with Crippen LogP contribution < -0.4 is 4.74 Å². The number of hydrogen-bond donors (Lipinski definition) is 0. The van der Waals surface area contributed by atoms with Crippen molar-refractivity contribution < 1.29 is 35.5 Å². The molecule has 33 heavy (non-hydrogen) atoms. The van der Waals surface area contributed by atoms with Gasteiger partial charge in [-0.05, 0) is 71.4 Å². The van der Waals surface area contributed by atoms with Crippen LogP contribution in [0, 0.1) is 23.3 Å². The van der Waals surface area contributed by atoms with Crippen LogP contribution in [-0.4, -0.2) is 6.36 Å². The first-order valence-corrected chi connectivity index (χ1v) is 10.1. The lowest BCUT2D eigenvalue weighted by Gasteiger charge is -2.20. The van der Waals surface area contributed by atoms with Crippen LogP contribution in [0.2, 0.25) is 0 Å². The maximum absolute atomic E-state index is 15.2. The highest BCUT2D eigenvalue weighted by Crippen LogP contribution is 2.39. The van der Waals surface area contributed by atoms with Crippen molar-refractivity contribution in [3.05, 3.63) is 88.0 Å². The number of rotatable bonds is 4. The summed E-state index contributed by atoms with van der Waals surface area (Å²) in [5.74, 6) is -4.89. The van der Waals surface area contributed by atoms with Crippen molar-refractivity contribution in [2.24, 2.45) is 0 Å². The smallest absolute Gasteiger partial charge is 0.403 e. The van der Waals surface area contributed by atoms with E-state index in [2.05, 4.69) is 4.74 Å². The molecule has 0 aliphatic heterocycles. The van der Waals surface area contributed by atoms with E-state index in [1.807, 2.05) is 6.92 Å². The predicted octanol–water partition coefficient (Wildman–Crippen LogP) is 7.86. The fraction of sp³-hybridized carbons (Fsp3) is 0.200. The van der Waals surface area contributed by atoms with Crippen LogP contribution in [0.3, 0.4) is 0 Å². The van der Waals surface area contributed by atoms with Crippen molar-refractivity contribution in [2.45, 2.75) is 32.5 Å². The van der Waals surface area contributed by atoms with Gasteiger partial charge in [0.25, 0.3) is 0 Å². The van der Waals surface area contributed by atoms with Gasteiger partial charge in [-0.25, -0.2) is 17.6 Å². The maximum Gasteiger partial charge on any atom is 0.573 e. The number of halogens is 7. The number of hydrogen-bond acceptors (Lipinski definition) is 1. The van der Waals surface area contributed by atoms with Crippen LogP contribution in [-0.2, 0) is 12.8 Å². The molecule has 0 unspecified atom stereocenters. The van der Waals surface area contributed by atoms with E-state index in [4.69, 9.17) is 0 Å². The minimum Gasteiger partial charge on any atom is -0.403 e. The van der Waals surface area contributed by atoms with Crippen LogP contribution in [0.25, 0.3) is 22.8 Å². The van der Waals surface area contributed by atoms with Gasteiger partial charge in [0.2, 0.25) is 0 Å². The van der Waals surface area contributed by atoms with E-state index in [1.54, 1.807) is 12.1 Å². The van der Waals surface area contributed by atoms with Crippen molar-refractivity contribution in [3.8, 4) is 16.9 Å². The SMILES string of the molecule is CCc1ccc(C2=Cc3cc(F)c(-c4ccc(OC(F)(F)F)c(F)c4)c(F)c3CC2)c(F)c1. The highest BCUT2D eigenvalue weighted by Gasteiger charge is 2.32. The lowest BCUT2D eigenvalue weighted by molar-refractivity contribution is -0.275. The van der Waals surface area contributed by atoms with Crippen molar-refractivity contribution in [3.63, 3.8) is 0 Å². The Morgan fingerprint density at radius 2 is 1.61 bits per heavy atom. The molecule has 1 aliphatic rings. The molecule has 3 aromatic rings. The molecule has 0 atom stereocenters. The minimum absolute atomic E-state index is 0.146. The molecule has 1 nitrogen and oxygen atoms in total. The average Bonchev–Trinajstić information content (AvgIpc) is 2.74. The molecule has 4 rings (SSSR count). The Hall–Kier alpha value is -3.29. The normalized spacial score (nSPS) is 13.5. The first-order valence-electron chi connectivity index (χ1n) is 10.1. The standard InChI is InChI=1S/C25H17F7O/c1-2-13-3-6-17(19(26)9-13)14-4-7-18-16(10-14)12-21(28)23(24(18)29)15-5-8-22(20(27)11-15)33-25(30,31)32/h3,5-6,8-12H,2,4,7H2,1H3. The van der Waals surface area contributed by atoms with E-state index in [0.29, 0.717) is 36.1 Å². The van der Waals surface area contributed by atoms with E-state index in [0.717, 1.165) is 17.7 Å². The molecule has 0 saturated carbocycles. The van der Waals surface area contributed by atoms with E-state index in [-0.39, 0.29) is 23.1 Å². The Morgan fingerprint density at radius 1 is 0.848 bits per heavy atom. The third kappa shape index (κ3) is 4.60. The second-order valence-corrected chi connectivity index (χ2v) is 7.65. The third-order valence-corrected chi connectivity index (χ3v) is 5.56. The zero-order valence-corrected chi connectivity index (χ0v) is 17.3. The van der Waals surface area contributed by atoms with Gasteiger partial charge in [-0.15, -0.1) is 13.2 Å². The van der Waals surface area contributed by atoms with Crippen LogP contribution in [0.4, 0.5) is 30.7 Å². The number of fused-ring (bicyclic) bond motifs is 1. The van der Waals surface area contributed by atoms with Gasteiger partial charge in [-0.2, -0.15) is 0 Å². The van der Waals surface area contributed by atoms with Gasteiger partial charge in [0.15, 0.2) is 11.6 Å². The molecular formula is C25H17F7O. The molecule has 0 aromatic heterocycles. The summed E-state index contributed by atoms with van der Waals surface area (Å²) in [6.45, 7) is 1.90. The molecule has 0 amide bonds. The molecule has 0 radical (unpaired) electrons. The summed E-state index contributed by atoms with van der Waals surface area (Å²) in [5.41, 5.74) is 1.34. The lowest BCUT2D eigenvalue weighted by Crippen LogP contribution is -2.18. The predicted molar refractivity (Wildman–Crippen MR) is 110 cm³/mol. The largest absolute Gasteiger partial charge is 0.573 e. The Kier molecular flexibility index (Phi) is 5.95. The molecule has 0 saturated heterocycles. The number of aryl methyl sites for hydroxylation is 1. The van der Waals surface area contributed by atoms with Crippen molar-refractivity contribution in [2.75, 3.05) is 0 Å². The average molecular weight is 466 g/mol. The van der Waals surface area contributed by atoms with E-state index in [9.17, 15) is 26.3 Å². The number of benzene rings is 3. The van der Waals surface area contributed by atoms with Crippen molar-refractivity contribution in [1.29, 1.82) is 0 Å². The van der Waals surface area contributed by atoms with E-state index in [1.165, 1.54) is 12.1 Å². The number of allylic oxidation sites excluding steroid dienone is 1. The first kappa shape index (κ1) is 22.9. The monoisotopic (exact) mass is 466 g/mol. The summed E-state index contributed by atoms with van der Waals surface area (Å²) in [4.78, 5) is 0. The van der Waals surface area contributed by atoms with Crippen LogP contribution in [0.5, 0.6) is 5.75 Å². The summed E-state index contributed by atoms with van der Waals surface area (Å²) in [5, 5.41) is 0. The summed E-state index contributed by atoms with van der Waals surface area (Å²) in [6, 6.07) is 8.12. The molecule has 0 N–H and O–H groups in total. The maximum atomic E-state index is 15.2. The van der Waals surface area contributed by atoms with Crippen LogP contribution in [0.1, 0.15) is 35.6 Å². The van der Waals surface area contributed by atoms with Gasteiger partial charge in [-0.1, -0.05) is 31.2 Å². The highest BCUT2D eigenvalue weighted by molar-refractivity contribution is 5.86. The fourth-order valence-electron chi connectivity index (χ4n) is 3.96. The van der Waals surface area contributed by atoms with Gasteiger partial charge >= 0.3 is 6.36 Å². The Labute approximate surface area is 185 Å². The highest BCUT2D eigenvalue weighted by atomic mass is 19.4. The van der Waals surface area contributed by atoms with Gasteiger partial charge in [-0.3, -0.25) is 0 Å². The molecule has 0 fully saturated rings. The third-order valence-electron chi connectivity index (χ3n) is 5.56. The van der Waals surface area contributed by atoms with Gasteiger partial charge in [0.05, 0.1) is 5.56 Å². The quantitative estimate of drug-likeness (QED) is 0.356. The molecule has 0 spiro atoms. The van der Waals surface area contributed by atoms with E-state index >= 15 is 4.39 Å². The second-order valence-electron chi connectivity index (χ2n) is 7.65. The summed E-state index contributed by atoms with van der Waals surface area (Å²) in [6.07, 6.45) is -2.48. The number of ether oxygens (including phenoxy) is 1. The Balaban J connectivity index is 1.73. The second kappa shape index (κ2) is 8.57. The molecular weight excluding hydrogens is 449 g/mol. The molecule has 172 valence electrons. The van der Waals surface area contributed by atoms with Gasteiger partial charge in [0, 0.05) is 5.56 Å². The summed E-state index contributed by atoms with van der Waals surface area (Å²) < 4.78 is 99.3. The summed E-state index contributed by atoms with van der Waals surface area (Å²) >= 11 is 0. The first-order chi connectivity index (χ1) is 15.6. The van der Waals surface area contributed by atoms with Crippen LogP contribution in [0.15, 0.2) is 42.5 Å². The molecule has 8 heteroatoms. The topological polar surface area (TPSA) is 9.23 Å². The Bertz CT molecular complexity index is 1260. The number of alkyl halides is 3. The van der Waals surface area contributed by atoms with Crippen molar-refractivity contribution in [1.82, 2.24) is 0 Å². The summed E-state index contributed by atoms with van der Waals surface area (Å²) in [7, 11) is 0. The Morgan fingerprint density at radius 3 is 2.24 bits per heavy atom. The van der Waals surface area contributed by atoms with Crippen molar-refractivity contribution >= 4 is 11.6 Å². The molecule has 1 aliphatic carbocycles. The molecule has 0 heterocycles. The lowest BCUT2D eigenvalue weighted by atomic mass is 9.85. The van der Waals surface area contributed by atoms with E-state index < -0.39 is 40.9 Å². The minimum atomic E-state index is -5.11.